The van der Waals surface area contributed by atoms with Crippen LogP contribution in [0.15, 0.2) is 140 Å². The predicted molar refractivity (Wildman–Crippen MR) is 312 cm³/mol. The van der Waals surface area contributed by atoms with Crippen LogP contribution < -0.4 is 15.8 Å². The molecule has 12 aliphatic rings. The maximum Gasteiger partial charge on any atom is 0.333 e. The predicted octanol–water partition coefficient (Wildman–Crippen LogP) is 16.9. The quantitative estimate of drug-likeness (QED) is 0.160. The molecule has 8 saturated carbocycles. The Balaban J connectivity index is 0.938. The molecule has 0 unspecified atom stereocenters. The summed E-state index contributed by atoms with van der Waals surface area (Å²) >= 11 is 0. The summed E-state index contributed by atoms with van der Waals surface area (Å²) in [6, 6.07) is 57.2. The molecule has 75 heavy (non-hydrogen) atoms. The van der Waals surface area contributed by atoms with Crippen LogP contribution in [0.3, 0.4) is 0 Å². The van der Waals surface area contributed by atoms with Crippen LogP contribution in [0.25, 0.3) is 66.0 Å². The van der Waals surface area contributed by atoms with Crippen LogP contribution in [0.1, 0.15) is 138 Å². The molecule has 8 bridgehead atoms. The Morgan fingerprint density at radius 1 is 0.427 bits per heavy atom. The number of rotatable bonds is 3. The largest absolute Gasteiger partial charge is 0.375 e. The van der Waals surface area contributed by atoms with Gasteiger partial charge in [0, 0.05) is 55.3 Å². The van der Waals surface area contributed by atoms with Crippen LogP contribution >= 0.6 is 0 Å². The van der Waals surface area contributed by atoms with Gasteiger partial charge in [-0.05, 0) is 255 Å². The molecule has 3 heterocycles. The van der Waals surface area contributed by atoms with Crippen molar-refractivity contribution in [2.24, 2.45) is 35.5 Å². The van der Waals surface area contributed by atoms with E-state index in [1.165, 1.54) is 193 Å². The number of aromatic nitrogens is 1. The molecule has 0 amide bonds. The maximum atomic E-state index is 2.92. The van der Waals surface area contributed by atoms with E-state index in [0.29, 0.717) is 5.41 Å². The molecule has 3 heteroatoms. The van der Waals surface area contributed by atoms with Crippen molar-refractivity contribution in [2.45, 2.75) is 126 Å². The third-order valence-corrected chi connectivity index (χ3v) is 23.4. The van der Waals surface area contributed by atoms with E-state index >= 15 is 0 Å². The first-order valence-electron chi connectivity index (χ1n) is 29.5. The van der Waals surface area contributed by atoms with Gasteiger partial charge >= 0.3 is 6.85 Å². The second-order valence-corrected chi connectivity index (χ2v) is 28.1. The Kier molecular flexibility index (Phi) is 7.60. The highest BCUT2D eigenvalue weighted by Crippen LogP contribution is 2.64. The van der Waals surface area contributed by atoms with E-state index in [9.17, 15) is 0 Å². The van der Waals surface area contributed by atoms with Gasteiger partial charge < -0.3 is 9.38 Å². The summed E-state index contributed by atoms with van der Waals surface area (Å²) in [6.45, 7) is 9.85. The molecule has 8 aromatic carbocycles. The van der Waals surface area contributed by atoms with Gasteiger partial charge in [-0.3, -0.25) is 0 Å². The molecule has 0 spiro atoms. The SMILES string of the molecule is CC1(C)c2ccccc2-c2ccc(N3c4cc5c(cc4B4c6c3cc3ccccc3c6-c3cc(C67CC8CC(CC(C8)C6)C7)cc6c7cc(C89CC%10CC(CC(C%10)C8)C9)ccc7n4c36)C(C)(C)c3ccccc3-5)cc21. The van der Waals surface area contributed by atoms with Crippen molar-refractivity contribution in [3.63, 3.8) is 0 Å². The van der Waals surface area contributed by atoms with Gasteiger partial charge in [0.05, 0.1) is 0 Å². The zero-order valence-electron chi connectivity index (χ0n) is 44.2. The van der Waals surface area contributed by atoms with E-state index in [0.717, 1.165) is 35.5 Å². The van der Waals surface area contributed by atoms with Gasteiger partial charge in [-0.15, -0.1) is 0 Å². The lowest BCUT2D eigenvalue weighted by Gasteiger charge is -2.57. The van der Waals surface area contributed by atoms with Crippen molar-refractivity contribution in [3.05, 3.63) is 173 Å². The van der Waals surface area contributed by atoms with Crippen molar-refractivity contribution in [1.29, 1.82) is 0 Å². The molecule has 21 rings (SSSR count). The molecular weight excluding hydrogens is 904 g/mol. The Labute approximate surface area is 442 Å². The summed E-state index contributed by atoms with van der Waals surface area (Å²) in [5.41, 5.74) is 27.6. The number of fused-ring (bicyclic) bond motifs is 15. The van der Waals surface area contributed by atoms with E-state index in [1.807, 2.05) is 0 Å². The summed E-state index contributed by atoms with van der Waals surface area (Å²) in [4.78, 5) is 2.74. The van der Waals surface area contributed by atoms with Crippen LogP contribution in [0.4, 0.5) is 17.1 Å². The third kappa shape index (κ3) is 5.13. The van der Waals surface area contributed by atoms with Crippen molar-refractivity contribution in [1.82, 2.24) is 4.48 Å². The first-order valence-corrected chi connectivity index (χ1v) is 29.5. The fourth-order valence-electron chi connectivity index (χ4n) is 21.1. The zero-order valence-corrected chi connectivity index (χ0v) is 44.2. The minimum absolute atomic E-state index is 0.00547. The average Bonchev–Trinajstić information content (AvgIpc) is 4.14. The number of hydrogen-bond acceptors (Lipinski definition) is 1. The zero-order chi connectivity index (χ0) is 49.2. The minimum Gasteiger partial charge on any atom is -0.375 e. The molecule has 366 valence electrons. The van der Waals surface area contributed by atoms with Crippen LogP contribution in [0.2, 0.25) is 0 Å². The highest BCUT2D eigenvalue weighted by Gasteiger charge is 2.55. The second-order valence-electron chi connectivity index (χ2n) is 28.1. The standard InChI is InChI=1S/C72H65BN2/c1-69(2)58-15-9-7-13-51(58)53-19-18-49(31-60(53)69)74-64-32-54-52-14-8-10-16-59(52)70(3,4)61(54)33-62(64)73-67-65(74)27-46-11-5-6-12-50(46)66(67)57-30-48(72-37-43-24-44(38-72)26-45(25-43)39-72)29-56-55-28-47(17-20-63(55)75(73)68(56)57)71-34-40-21-41(35-71)23-42(22-40)36-71/h5-20,27-33,40-45H,21-26,34-39H2,1-4H3. The van der Waals surface area contributed by atoms with E-state index in [4.69, 9.17) is 0 Å². The van der Waals surface area contributed by atoms with Gasteiger partial charge in [0.15, 0.2) is 0 Å². The van der Waals surface area contributed by atoms with Gasteiger partial charge in [-0.25, -0.2) is 0 Å². The second kappa shape index (κ2) is 13.6. The fourth-order valence-corrected chi connectivity index (χ4v) is 21.1. The molecule has 2 aliphatic heterocycles. The van der Waals surface area contributed by atoms with Crippen molar-refractivity contribution in [2.75, 3.05) is 4.90 Å². The van der Waals surface area contributed by atoms with Crippen LogP contribution in [-0.2, 0) is 21.7 Å². The highest BCUT2D eigenvalue weighted by molar-refractivity contribution is 6.90. The average molecular weight is 969 g/mol. The summed E-state index contributed by atoms with van der Waals surface area (Å²) in [5, 5.41) is 5.78. The summed E-state index contributed by atoms with van der Waals surface area (Å²) in [5.74, 6) is 5.39. The summed E-state index contributed by atoms with van der Waals surface area (Å²) < 4.78 is 2.92. The number of benzene rings is 8. The Morgan fingerprint density at radius 3 is 1.65 bits per heavy atom. The molecule has 0 atom stereocenters. The van der Waals surface area contributed by atoms with E-state index in [2.05, 4.69) is 177 Å². The lowest BCUT2D eigenvalue weighted by atomic mass is 9.44. The molecule has 0 N–H and O–H groups in total. The first-order chi connectivity index (χ1) is 36.5. The summed E-state index contributed by atoms with van der Waals surface area (Å²) in [6.07, 6.45) is 17.2. The third-order valence-electron chi connectivity index (χ3n) is 23.4. The molecule has 9 aromatic rings. The van der Waals surface area contributed by atoms with Gasteiger partial charge in [0.2, 0.25) is 0 Å². The Bertz CT molecular complexity index is 4050. The monoisotopic (exact) mass is 969 g/mol. The van der Waals surface area contributed by atoms with Crippen molar-refractivity contribution >= 4 is 67.4 Å². The minimum atomic E-state index is -0.137. The molecule has 10 aliphatic carbocycles. The number of anilines is 3. The van der Waals surface area contributed by atoms with Crippen LogP contribution in [-0.4, -0.2) is 11.3 Å². The molecule has 2 nitrogen and oxygen atoms in total. The maximum absolute atomic E-state index is 2.92. The van der Waals surface area contributed by atoms with E-state index in [1.54, 1.807) is 11.1 Å². The van der Waals surface area contributed by atoms with Crippen molar-refractivity contribution in [3.8, 4) is 33.4 Å². The van der Waals surface area contributed by atoms with Crippen LogP contribution in [0.5, 0.6) is 0 Å². The first kappa shape index (κ1) is 41.9. The highest BCUT2D eigenvalue weighted by atomic mass is 15.2. The number of hydrogen-bond donors (Lipinski definition) is 0. The molecular formula is C72H65BN2. The molecule has 0 saturated heterocycles. The van der Waals surface area contributed by atoms with Gasteiger partial charge in [0.25, 0.3) is 0 Å². The van der Waals surface area contributed by atoms with E-state index in [-0.39, 0.29) is 23.1 Å². The van der Waals surface area contributed by atoms with Crippen molar-refractivity contribution < 1.29 is 0 Å². The van der Waals surface area contributed by atoms with Crippen LogP contribution in [0, 0.1) is 35.5 Å². The molecule has 0 radical (unpaired) electrons. The van der Waals surface area contributed by atoms with Gasteiger partial charge in [-0.1, -0.05) is 119 Å². The fraction of sp³-hybridized carbons (Fsp3) is 0.361. The number of nitrogens with zero attached hydrogens (tertiary/aromatic N) is 2. The van der Waals surface area contributed by atoms with Gasteiger partial charge in [-0.2, -0.15) is 0 Å². The molecule has 8 fully saturated rings. The van der Waals surface area contributed by atoms with Gasteiger partial charge in [0.1, 0.15) is 0 Å². The smallest absolute Gasteiger partial charge is 0.333 e. The lowest BCUT2D eigenvalue weighted by Crippen LogP contribution is -2.57. The normalized spacial score (nSPS) is 29.5. The van der Waals surface area contributed by atoms with E-state index < -0.39 is 0 Å². The Hall–Kier alpha value is -6.32. The molecule has 1 aromatic heterocycles. The summed E-state index contributed by atoms with van der Waals surface area (Å²) in [7, 11) is 0. The lowest BCUT2D eigenvalue weighted by molar-refractivity contribution is -0.00527. The Morgan fingerprint density at radius 2 is 0.987 bits per heavy atom. The topological polar surface area (TPSA) is 8.17 Å².